The molecule has 10 nitrogen and oxygen atoms in total. The second-order valence-electron chi connectivity index (χ2n) is 8.89. The first-order chi connectivity index (χ1) is 16.4. The molecule has 0 fully saturated rings. The van der Waals surface area contributed by atoms with Crippen molar-refractivity contribution in [3.05, 3.63) is 71.8 Å². The lowest BCUT2D eigenvalue weighted by atomic mass is 9.91. The van der Waals surface area contributed by atoms with Crippen LogP contribution in [0.4, 0.5) is 4.79 Å². The molecule has 2 aromatic rings. The molecule has 0 radical (unpaired) electrons. The van der Waals surface area contributed by atoms with Crippen molar-refractivity contribution in [3.63, 3.8) is 0 Å². The third kappa shape index (κ3) is 11.3. The lowest BCUT2D eigenvalue weighted by Gasteiger charge is -2.30. The van der Waals surface area contributed by atoms with Crippen molar-refractivity contribution >= 4 is 30.1 Å². The second-order valence-corrected chi connectivity index (χ2v) is 8.89. The molecule has 1 amide bonds. The van der Waals surface area contributed by atoms with Crippen LogP contribution in [0.25, 0.3) is 0 Å². The van der Waals surface area contributed by atoms with E-state index in [1.165, 1.54) is 0 Å². The zero-order chi connectivity index (χ0) is 26.7. The topological polar surface area (TPSA) is 179 Å². The first-order valence-corrected chi connectivity index (χ1v) is 10.8. The van der Waals surface area contributed by atoms with Crippen molar-refractivity contribution in [2.45, 2.75) is 52.3 Å². The van der Waals surface area contributed by atoms with Crippen LogP contribution in [0.2, 0.25) is 0 Å². The maximum absolute atomic E-state index is 12.4. The van der Waals surface area contributed by atoms with Crippen LogP contribution in [0.3, 0.4) is 0 Å². The number of hydrogen-bond acceptors (Lipinski definition) is 9. The van der Waals surface area contributed by atoms with Crippen molar-refractivity contribution in [3.8, 4) is 0 Å². The van der Waals surface area contributed by atoms with Gasteiger partial charge in [0, 0.05) is 11.1 Å². The van der Waals surface area contributed by atoms with E-state index in [0.717, 1.165) is 0 Å². The first-order valence-electron chi connectivity index (χ1n) is 10.8. The van der Waals surface area contributed by atoms with Gasteiger partial charge in [0.15, 0.2) is 17.1 Å². The number of ketones is 2. The number of amides is 1. The standard InChI is InChI=1S/C15H21NO5.C10H13NO3.2CH4.ClH/c1-14(2,3)21-13(20)16-15(9-17,10-18)12(19)11-7-5-4-6-8-11;11-10(6-12,7-13)9(14)8-4-2-1-3-5-8;;;/h4-8,17-18H,9-10H2,1-3H3,(H,16,20);1-5,12-13H,6-7,11H2;2*1H4;1H. The molecule has 2 rings (SSSR count). The lowest BCUT2D eigenvalue weighted by molar-refractivity contribution is 0.0280. The molecule has 0 unspecified atom stereocenters. The zero-order valence-electron chi connectivity index (χ0n) is 20.5. The monoisotopic (exact) mass is 558 g/mol. The van der Waals surface area contributed by atoms with Crippen LogP contribution in [0.5, 0.6) is 0 Å². The number of rotatable bonds is 9. The molecule has 11 heteroatoms. The van der Waals surface area contributed by atoms with Gasteiger partial charge in [-0.25, -0.2) is 4.79 Å². The zero-order valence-corrected chi connectivity index (χ0v) is 21.3. The van der Waals surface area contributed by atoms with Crippen molar-refractivity contribution in [1.82, 2.24) is 5.32 Å². The van der Waals surface area contributed by atoms with Gasteiger partial charge < -0.3 is 36.2 Å². The van der Waals surface area contributed by atoms with Gasteiger partial charge in [0.05, 0.1) is 26.4 Å². The summed E-state index contributed by atoms with van der Waals surface area (Å²) in [5, 5.41) is 39.1. The number of benzene rings is 2. The largest absolute Gasteiger partial charge is 0.444 e. The summed E-state index contributed by atoms with van der Waals surface area (Å²) in [6.07, 6.45) is -0.880. The predicted octanol–water partition coefficient (Wildman–Crippen LogP) is 2.36. The molecule has 0 atom stereocenters. The SMILES string of the molecule is C.C.CC(C)(C)OC(=O)NC(CO)(CO)C(=O)c1ccccc1.Cl.NC(CO)(CO)C(=O)c1ccccc1. The average molecular weight is 559 g/mol. The van der Waals surface area contributed by atoms with E-state index in [-0.39, 0.29) is 32.8 Å². The molecule has 0 spiro atoms. The summed E-state index contributed by atoms with van der Waals surface area (Å²) < 4.78 is 5.06. The number of nitrogens with two attached hydrogens (primary N) is 1. The Morgan fingerprint density at radius 1 is 0.737 bits per heavy atom. The fraction of sp³-hybridized carbons (Fsp3) is 0.444. The highest BCUT2D eigenvalue weighted by Gasteiger charge is 2.40. The Morgan fingerprint density at radius 2 is 1.11 bits per heavy atom. The van der Waals surface area contributed by atoms with Gasteiger partial charge in [-0.3, -0.25) is 9.59 Å². The number of carbonyl (C=O) groups is 3. The maximum atomic E-state index is 12.4. The number of carbonyl (C=O) groups excluding carboxylic acids is 3. The summed E-state index contributed by atoms with van der Waals surface area (Å²) in [6.45, 7) is 2.39. The molecule has 7 N–H and O–H groups in total. The van der Waals surface area contributed by atoms with Crippen molar-refractivity contribution < 1.29 is 39.5 Å². The molecule has 0 aliphatic rings. The van der Waals surface area contributed by atoms with E-state index in [9.17, 15) is 24.6 Å². The van der Waals surface area contributed by atoms with Crippen molar-refractivity contribution in [2.24, 2.45) is 5.73 Å². The predicted molar refractivity (Wildman–Crippen MR) is 150 cm³/mol. The number of Topliss-reactive ketones (excluding diaryl/α,β-unsaturated/α-hetero) is 2. The normalized spacial score (nSPS) is 10.7. The molecule has 0 heterocycles. The Bertz CT molecular complexity index is 958. The quantitative estimate of drug-likeness (QED) is 0.252. The minimum Gasteiger partial charge on any atom is -0.444 e. The summed E-state index contributed by atoms with van der Waals surface area (Å²) in [4.78, 5) is 35.9. The highest BCUT2D eigenvalue weighted by Crippen LogP contribution is 2.15. The van der Waals surface area contributed by atoms with Gasteiger partial charge in [-0.05, 0) is 20.8 Å². The second kappa shape index (κ2) is 17.6. The van der Waals surface area contributed by atoms with Gasteiger partial charge in [0.25, 0.3) is 0 Å². The summed E-state index contributed by atoms with van der Waals surface area (Å²) in [6, 6.07) is 16.5. The summed E-state index contributed by atoms with van der Waals surface area (Å²) in [5.74, 6) is -1.04. The van der Waals surface area contributed by atoms with E-state index < -0.39 is 60.8 Å². The maximum Gasteiger partial charge on any atom is 0.408 e. The highest BCUT2D eigenvalue weighted by atomic mass is 35.5. The van der Waals surface area contributed by atoms with Crippen LogP contribution in [0.15, 0.2) is 60.7 Å². The Balaban J connectivity index is -0.000000637. The Hall–Kier alpha value is -2.86. The Labute approximate surface area is 231 Å². The average Bonchev–Trinajstić information content (AvgIpc) is 2.86. The molecule has 0 saturated heterocycles. The lowest BCUT2D eigenvalue weighted by Crippen LogP contribution is -2.60. The van der Waals surface area contributed by atoms with E-state index in [4.69, 9.17) is 20.7 Å². The minimum atomic E-state index is -1.82. The van der Waals surface area contributed by atoms with Crippen LogP contribution in [-0.4, -0.2) is 81.2 Å². The number of alkyl carbamates (subject to hydrolysis) is 1. The minimum absolute atomic E-state index is 0. The summed E-state index contributed by atoms with van der Waals surface area (Å²) >= 11 is 0. The van der Waals surface area contributed by atoms with Gasteiger partial charge in [-0.15, -0.1) is 12.4 Å². The molecule has 38 heavy (non-hydrogen) atoms. The molecule has 0 saturated carbocycles. The molecule has 0 aliphatic heterocycles. The first kappa shape index (κ1) is 39.6. The highest BCUT2D eigenvalue weighted by molar-refractivity contribution is 6.05. The van der Waals surface area contributed by atoms with Gasteiger partial charge in [0.2, 0.25) is 0 Å². The molecule has 0 aliphatic carbocycles. The van der Waals surface area contributed by atoms with E-state index in [0.29, 0.717) is 5.56 Å². The van der Waals surface area contributed by atoms with Gasteiger partial charge in [0.1, 0.15) is 11.1 Å². The van der Waals surface area contributed by atoms with E-state index >= 15 is 0 Å². The Kier molecular flexibility index (Phi) is 18.4. The fourth-order valence-electron chi connectivity index (χ4n) is 2.76. The van der Waals surface area contributed by atoms with Crippen molar-refractivity contribution in [1.29, 1.82) is 0 Å². The van der Waals surface area contributed by atoms with Crippen LogP contribution < -0.4 is 11.1 Å². The van der Waals surface area contributed by atoms with Gasteiger partial charge >= 0.3 is 6.09 Å². The van der Waals surface area contributed by atoms with Crippen LogP contribution >= 0.6 is 12.4 Å². The molecule has 0 aromatic heterocycles. The molecular formula is C27H43ClN2O8. The van der Waals surface area contributed by atoms with Crippen LogP contribution in [0, 0.1) is 0 Å². The summed E-state index contributed by atoms with van der Waals surface area (Å²) in [7, 11) is 0. The summed E-state index contributed by atoms with van der Waals surface area (Å²) in [5.41, 5.74) is 2.03. The van der Waals surface area contributed by atoms with Crippen LogP contribution in [-0.2, 0) is 4.74 Å². The molecule has 2 aromatic carbocycles. The number of nitrogens with one attached hydrogen (secondary N) is 1. The van der Waals surface area contributed by atoms with E-state index in [2.05, 4.69) is 5.32 Å². The fourth-order valence-corrected chi connectivity index (χ4v) is 2.76. The third-order valence-electron chi connectivity index (χ3n) is 4.80. The smallest absolute Gasteiger partial charge is 0.408 e. The Morgan fingerprint density at radius 3 is 1.42 bits per heavy atom. The van der Waals surface area contributed by atoms with Gasteiger partial charge in [-0.1, -0.05) is 75.5 Å². The number of ether oxygens (including phenoxy) is 1. The molecule has 0 bridgehead atoms. The van der Waals surface area contributed by atoms with Crippen molar-refractivity contribution in [2.75, 3.05) is 26.4 Å². The number of hydrogen-bond donors (Lipinski definition) is 6. The third-order valence-corrected chi connectivity index (χ3v) is 4.80. The number of aliphatic hydroxyl groups excluding tert-OH is 4. The number of aliphatic hydroxyl groups is 4. The van der Waals surface area contributed by atoms with E-state index in [1.807, 2.05) is 0 Å². The molecular weight excluding hydrogens is 516 g/mol. The van der Waals surface area contributed by atoms with Gasteiger partial charge in [-0.2, -0.15) is 0 Å². The molecule has 216 valence electrons. The number of halogens is 1. The van der Waals surface area contributed by atoms with E-state index in [1.54, 1.807) is 81.4 Å². The van der Waals surface area contributed by atoms with Crippen LogP contribution in [0.1, 0.15) is 56.3 Å².